The number of aromatic nitrogens is 1. The number of thiazole rings is 1. The van der Waals surface area contributed by atoms with Gasteiger partial charge in [0.15, 0.2) is 5.13 Å². The molecule has 0 bridgehead atoms. The van der Waals surface area contributed by atoms with E-state index in [1.54, 1.807) is 11.3 Å². The Labute approximate surface area is 112 Å². The number of carbonyl (C=O) groups is 1. The monoisotopic (exact) mass is 268 g/mol. The van der Waals surface area contributed by atoms with Gasteiger partial charge in [-0.05, 0) is 17.8 Å². The zero-order valence-electron chi connectivity index (χ0n) is 11.1. The molecule has 5 heteroatoms. The van der Waals surface area contributed by atoms with Crippen LogP contribution in [0.25, 0.3) is 0 Å². The Hall–Kier alpha value is -1.10. The van der Waals surface area contributed by atoms with Crippen LogP contribution in [0.3, 0.4) is 0 Å². The van der Waals surface area contributed by atoms with E-state index in [0.29, 0.717) is 17.0 Å². The first-order chi connectivity index (χ1) is 8.36. The molecule has 1 N–H and O–H groups in total. The Morgan fingerprint density at radius 3 is 2.89 bits per heavy atom. The van der Waals surface area contributed by atoms with E-state index in [-0.39, 0.29) is 6.42 Å². The maximum absolute atomic E-state index is 10.6. The Morgan fingerprint density at radius 1 is 1.61 bits per heavy atom. The predicted molar refractivity (Wildman–Crippen MR) is 73.2 cm³/mol. The minimum Gasteiger partial charge on any atom is -0.481 e. The molecule has 1 atom stereocenters. The number of hydrogen-bond donors (Lipinski definition) is 1. The Kier molecular flexibility index (Phi) is 3.61. The van der Waals surface area contributed by atoms with Crippen LogP contribution in [0.15, 0.2) is 5.38 Å². The van der Waals surface area contributed by atoms with Crippen LogP contribution in [-0.2, 0) is 11.2 Å². The standard InChI is InChI=1S/C13H20N2O2S/c1-13(2,3)9-4-5-15(7-9)12-14-10(8-18-12)6-11(16)17/h8-9H,4-7H2,1-3H3,(H,16,17). The van der Waals surface area contributed by atoms with E-state index >= 15 is 0 Å². The summed E-state index contributed by atoms with van der Waals surface area (Å²) in [6.07, 6.45) is 1.21. The molecule has 2 rings (SSSR count). The van der Waals surface area contributed by atoms with Crippen molar-refractivity contribution in [3.63, 3.8) is 0 Å². The molecule has 1 fully saturated rings. The number of aliphatic carboxylic acids is 1. The molecule has 1 unspecified atom stereocenters. The third-order valence-corrected chi connectivity index (χ3v) is 4.51. The SMILES string of the molecule is CC(C)(C)C1CCN(c2nc(CC(=O)O)cs2)C1. The summed E-state index contributed by atoms with van der Waals surface area (Å²) in [6, 6.07) is 0. The average Bonchev–Trinajstić information content (AvgIpc) is 2.81. The minimum atomic E-state index is -0.819. The molecule has 0 saturated carbocycles. The van der Waals surface area contributed by atoms with Crippen molar-refractivity contribution in [2.24, 2.45) is 11.3 Å². The van der Waals surface area contributed by atoms with Crippen molar-refractivity contribution in [2.75, 3.05) is 18.0 Å². The zero-order chi connectivity index (χ0) is 13.3. The number of nitrogens with zero attached hydrogens (tertiary/aromatic N) is 2. The number of hydrogen-bond acceptors (Lipinski definition) is 4. The highest BCUT2D eigenvalue weighted by Gasteiger charge is 2.32. The van der Waals surface area contributed by atoms with Gasteiger partial charge in [-0.15, -0.1) is 11.3 Å². The first-order valence-corrected chi connectivity index (χ1v) is 7.15. The fourth-order valence-electron chi connectivity index (χ4n) is 2.32. The molecular weight excluding hydrogens is 248 g/mol. The molecule has 0 radical (unpaired) electrons. The minimum absolute atomic E-state index is 0.0209. The zero-order valence-corrected chi connectivity index (χ0v) is 12.0. The number of rotatable bonds is 3. The lowest BCUT2D eigenvalue weighted by Gasteiger charge is -2.26. The van der Waals surface area contributed by atoms with Crippen LogP contribution in [-0.4, -0.2) is 29.1 Å². The van der Waals surface area contributed by atoms with Crippen LogP contribution in [0.2, 0.25) is 0 Å². The highest BCUT2D eigenvalue weighted by Crippen LogP contribution is 2.36. The topological polar surface area (TPSA) is 53.4 Å². The van der Waals surface area contributed by atoms with Gasteiger partial charge in [-0.3, -0.25) is 4.79 Å². The summed E-state index contributed by atoms with van der Waals surface area (Å²) < 4.78 is 0. The molecule has 1 aromatic heterocycles. The largest absolute Gasteiger partial charge is 0.481 e. The molecule has 0 aliphatic carbocycles. The molecule has 100 valence electrons. The fourth-order valence-corrected chi connectivity index (χ4v) is 3.18. The second kappa shape index (κ2) is 4.88. The first kappa shape index (κ1) is 13.3. The fraction of sp³-hybridized carbons (Fsp3) is 0.692. The third-order valence-electron chi connectivity index (χ3n) is 3.56. The van der Waals surface area contributed by atoms with E-state index < -0.39 is 5.97 Å². The van der Waals surface area contributed by atoms with Crippen molar-refractivity contribution in [1.29, 1.82) is 0 Å². The number of carboxylic acids is 1. The maximum Gasteiger partial charge on any atom is 0.309 e. The van der Waals surface area contributed by atoms with Gasteiger partial charge in [0.2, 0.25) is 0 Å². The number of anilines is 1. The second-order valence-electron chi connectivity index (χ2n) is 5.99. The molecule has 2 heterocycles. The molecule has 18 heavy (non-hydrogen) atoms. The van der Waals surface area contributed by atoms with Gasteiger partial charge >= 0.3 is 5.97 Å². The average molecular weight is 268 g/mol. The van der Waals surface area contributed by atoms with E-state index in [9.17, 15) is 4.79 Å². The molecule has 0 aromatic carbocycles. The lowest BCUT2D eigenvalue weighted by Crippen LogP contribution is -2.25. The lowest BCUT2D eigenvalue weighted by atomic mass is 9.80. The van der Waals surface area contributed by atoms with Crippen LogP contribution in [0, 0.1) is 11.3 Å². The summed E-state index contributed by atoms with van der Waals surface area (Å²) in [7, 11) is 0. The van der Waals surface area contributed by atoms with Gasteiger partial charge in [0, 0.05) is 18.5 Å². The predicted octanol–water partition coefficient (Wildman–Crippen LogP) is 2.64. The van der Waals surface area contributed by atoms with Crippen molar-refractivity contribution in [3.8, 4) is 0 Å². The number of carboxylic acid groups (broad SMARTS) is 1. The van der Waals surface area contributed by atoms with Gasteiger partial charge in [-0.2, -0.15) is 0 Å². The quantitative estimate of drug-likeness (QED) is 0.915. The van der Waals surface area contributed by atoms with Crippen LogP contribution in [0.1, 0.15) is 32.9 Å². The normalized spacial score (nSPS) is 20.4. The highest BCUT2D eigenvalue weighted by molar-refractivity contribution is 7.13. The molecule has 1 aliphatic rings. The Balaban J connectivity index is 2.01. The summed E-state index contributed by atoms with van der Waals surface area (Å²) in [4.78, 5) is 17.3. The smallest absolute Gasteiger partial charge is 0.309 e. The second-order valence-corrected chi connectivity index (χ2v) is 6.83. The van der Waals surface area contributed by atoms with Crippen molar-refractivity contribution in [3.05, 3.63) is 11.1 Å². The van der Waals surface area contributed by atoms with Crippen molar-refractivity contribution >= 4 is 22.4 Å². The summed E-state index contributed by atoms with van der Waals surface area (Å²) in [5.41, 5.74) is 0.998. The summed E-state index contributed by atoms with van der Waals surface area (Å²) in [5.74, 6) is -0.134. The van der Waals surface area contributed by atoms with Gasteiger partial charge in [0.25, 0.3) is 0 Å². The molecule has 1 saturated heterocycles. The van der Waals surface area contributed by atoms with E-state index in [1.165, 1.54) is 6.42 Å². The molecule has 1 aliphatic heterocycles. The first-order valence-electron chi connectivity index (χ1n) is 6.27. The summed E-state index contributed by atoms with van der Waals surface area (Å²) in [6.45, 7) is 8.89. The summed E-state index contributed by atoms with van der Waals surface area (Å²) >= 11 is 1.55. The van der Waals surface area contributed by atoms with Crippen molar-refractivity contribution in [1.82, 2.24) is 4.98 Å². The molecule has 4 nitrogen and oxygen atoms in total. The third kappa shape index (κ3) is 3.02. The lowest BCUT2D eigenvalue weighted by molar-refractivity contribution is -0.136. The van der Waals surface area contributed by atoms with E-state index in [0.717, 1.165) is 18.2 Å². The van der Waals surface area contributed by atoms with Crippen molar-refractivity contribution < 1.29 is 9.90 Å². The van der Waals surface area contributed by atoms with Crippen LogP contribution >= 0.6 is 11.3 Å². The highest BCUT2D eigenvalue weighted by atomic mass is 32.1. The van der Waals surface area contributed by atoms with Crippen LogP contribution in [0.5, 0.6) is 0 Å². The van der Waals surface area contributed by atoms with E-state index in [2.05, 4.69) is 30.7 Å². The van der Waals surface area contributed by atoms with E-state index in [1.807, 2.05) is 5.38 Å². The Morgan fingerprint density at radius 2 is 2.33 bits per heavy atom. The maximum atomic E-state index is 10.6. The Bertz CT molecular complexity index is 436. The molecular formula is C13H20N2O2S. The molecule has 0 spiro atoms. The van der Waals surface area contributed by atoms with Gasteiger partial charge in [-0.25, -0.2) is 4.98 Å². The van der Waals surface area contributed by atoms with Gasteiger partial charge < -0.3 is 10.0 Å². The van der Waals surface area contributed by atoms with Gasteiger partial charge in [0.1, 0.15) is 0 Å². The van der Waals surface area contributed by atoms with Crippen molar-refractivity contribution in [2.45, 2.75) is 33.6 Å². The van der Waals surface area contributed by atoms with Crippen LogP contribution < -0.4 is 4.90 Å². The molecule has 1 aromatic rings. The van der Waals surface area contributed by atoms with Gasteiger partial charge in [-0.1, -0.05) is 20.8 Å². The van der Waals surface area contributed by atoms with Gasteiger partial charge in [0.05, 0.1) is 12.1 Å². The van der Waals surface area contributed by atoms with Crippen LogP contribution in [0.4, 0.5) is 5.13 Å². The summed E-state index contributed by atoms with van der Waals surface area (Å²) in [5, 5.41) is 11.6. The van der Waals surface area contributed by atoms with E-state index in [4.69, 9.17) is 5.11 Å². The molecule has 0 amide bonds.